The molecule has 2 rings (SSSR count). The van der Waals surface area contributed by atoms with Crippen molar-refractivity contribution >= 4 is 33.3 Å². The average molecular weight is 309 g/mol. The first-order valence-corrected chi connectivity index (χ1v) is 7.34. The van der Waals surface area contributed by atoms with Crippen molar-refractivity contribution in [3.63, 3.8) is 0 Å². The van der Waals surface area contributed by atoms with Crippen LogP contribution >= 0.6 is 11.3 Å². The second-order valence-corrected chi connectivity index (χ2v) is 6.17. The lowest BCUT2D eigenvalue weighted by Crippen LogP contribution is -2.40. The molecule has 0 aliphatic carbocycles. The highest BCUT2D eigenvalue weighted by Gasteiger charge is 2.25. The highest BCUT2D eigenvalue weighted by molar-refractivity contribution is 7.21. The number of halogens is 1. The Kier molecular flexibility index (Phi) is 4.27. The van der Waals surface area contributed by atoms with Crippen LogP contribution in [0.1, 0.15) is 29.1 Å². The maximum absolute atomic E-state index is 13.3. The molecule has 1 N–H and O–H groups in total. The largest absolute Gasteiger partial charge is 0.480 e. The summed E-state index contributed by atoms with van der Waals surface area (Å²) in [7, 11) is 0. The van der Waals surface area contributed by atoms with Gasteiger partial charge in [-0.25, -0.2) is 4.39 Å². The highest BCUT2D eigenvalue weighted by atomic mass is 32.1. The summed E-state index contributed by atoms with van der Waals surface area (Å²) in [5, 5.41) is 9.76. The maximum Gasteiger partial charge on any atom is 0.323 e. The van der Waals surface area contributed by atoms with E-state index in [2.05, 4.69) is 0 Å². The molecule has 6 heteroatoms. The van der Waals surface area contributed by atoms with Gasteiger partial charge in [0.1, 0.15) is 12.4 Å². The molecule has 0 atom stereocenters. The van der Waals surface area contributed by atoms with E-state index in [0.29, 0.717) is 9.58 Å². The molecule has 2 aromatic rings. The molecule has 0 unspecified atom stereocenters. The molecule has 0 aliphatic heterocycles. The van der Waals surface area contributed by atoms with Gasteiger partial charge in [-0.3, -0.25) is 9.59 Å². The number of carboxylic acid groups (broad SMARTS) is 1. The van der Waals surface area contributed by atoms with Crippen molar-refractivity contribution < 1.29 is 19.1 Å². The number of nitrogens with zero attached hydrogens (tertiary/aromatic N) is 1. The molecule has 112 valence electrons. The first-order valence-electron chi connectivity index (χ1n) is 6.52. The monoisotopic (exact) mass is 309 g/mol. The van der Waals surface area contributed by atoms with Crippen LogP contribution in [0.3, 0.4) is 0 Å². The van der Waals surface area contributed by atoms with Crippen LogP contribution < -0.4 is 0 Å². The quantitative estimate of drug-likeness (QED) is 0.943. The van der Waals surface area contributed by atoms with E-state index in [4.69, 9.17) is 5.11 Å². The van der Waals surface area contributed by atoms with Crippen molar-refractivity contribution in [2.24, 2.45) is 0 Å². The summed E-state index contributed by atoms with van der Waals surface area (Å²) in [6.45, 7) is 4.98. The summed E-state index contributed by atoms with van der Waals surface area (Å²) < 4.78 is 14.0. The molecule has 1 heterocycles. The minimum atomic E-state index is -1.05. The minimum absolute atomic E-state index is 0.227. The Morgan fingerprint density at radius 2 is 2.05 bits per heavy atom. The maximum atomic E-state index is 13.3. The van der Waals surface area contributed by atoms with Gasteiger partial charge in [0.2, 0.25) is 0 Å². The van der Waals surface area contributed by atoms with Crippen molar-refractivity contribution in [1.82, 2.24) is 4.90 Å². The zero-order valence-electron chi connectivity index (χ0n) is 12.0. The van der Waals surface area contributed by atoms with Gasteiger partial charge in [0.15, 0.2) is 0 Å². The number of carbonyl (C=O) groups excluding carboxylic acids is 1. The normalized spacial score (nSPS) is 11.1. The van der Waals surface area contributed by atoms with Crippen molar-refractivity contribution in [2.45, 2.75) is 26.8 Å². The molecular weight excluding hydrogens is 293 g/mol. The van der Waals surface area contributed by atoms with Gasteiger partial charge < -0.3 is 10.0 Å². The molecule has 21 heavy (non-hydrogen) atoms. The molecule has 0 fully saturated rings. The van der Waals surface area contributed by atoms with Gasteiger partial charge in [-0.05, 0) is 43.9 Å². The van der Waals surface area contributed by atoms with Crippen LogP contribution in [0.4, 0.5) is 4.39 Å². The number of fused-ring (bicyclic) bond motifs is 1. The summed E-state index contributed by atoms with van der Waals surface area (Å²) in [5.74, 6) is -1.73. The lowest BCUT2D eigenvalue weighted by molar-refractivity contribution is -0.138. The smallest absolute Gasteiger partial charge is 0.323 e. The fraction of sp³-hybridized carbons (Fsp3) is 0.333. The van der Waals surface area contributed by atoms with Gasteiger partial charge in [-0.1, -0.05) is 6.07 Å². The molecule has 0 spiro atoms. The van der Waals surface area contributed by atoms with Gasteiger partial charge in [0.25, 0.3) is 5.91 Å². The van der Waals surface area contributed by atoms with Gasteiger partial charge in [0.05, 0.1) is 4.88 Å². The lowest BCUT2D eigenvalue weighted by atomic mass is 10.1. The number of carbonyl (C=O) groups is 2. The molecule has 4 nitrogen and oxygen atoms in total. The van der Waals surface area contributed by atoms with Crippen LogP contribution in [0.15, 0.2) is 18.2 Å². The third-order valence-corrected chi connectivity index (χ3v) is 4.53. The van der Waals surface area contributed by atoms with Crippen LogP contribution in [0.25, 0.3) is 10.1 Å². The summed E-state index contributed by atoms with van der Waals surface area (Å²) in [5.41, 5.74) is 0.760. The number of thiophene rings is 1. The van der Waals surface area contributed by atoms with E-state index >= 15 is 0 Å². The zero-order chi connectivity index (χ0) is 15.7. The molecule has 0 aliphatic rings. The summed E-state index contributed by atoms with van der Waals surface area (Å²) >= 11 is 1.19. The third kappa shape index (κ3) is 3.05. The molecule has 0 bridgehead atoms. The molecule has 0 saturated carbocycles. The van der Waals surface area contributed by atoms with E-state index in [1.807, 2.05) is 0 Å². The van der Waals surface area contributed by atoms with Crippen molar-refractivity contribution in [2.75, 3.05) is 6.54 Å². The molecule has 0 saturated heterocycles. The van der Waals surface area contributed by atoms with Crippen molar-refractivity contribution in [3.05, 3.63) is 34.5 Å². The Bertz CT molecular complexity index is 708. The highest BCUT2D eigenvalue weighted by Crippen LogP contribution is 2.32. The van der Waals surface area contributed by atoms with Gasteiger partial charge in [-0.2, -0.15) is 0 Å². The van der Waals surface area contributed by atoms with Gasteiger partial charge in [-0.15, -0.1) is 11.3 Å². The summed E-state index contributed by atoms with van der Waals surface area (Å²) in [6, 6.07) is 4.16. The van der Waals surface area contributed by atoms with Crippen molar-refractivity contribution in [3.8, 4) is 0 Å². The molecular formula is C15H16FNO3S. The van der Waals surface area contributed by atoms with Crippen LogP contribution in [0, 0.1) is 12.7 Å². The number of hydrogen-bond donors (Lipinski definition) is 1. The predicted molar refractivity (Wildman–Crippen MR) is 80.3 cm³/mol. The van der Waals surface area contributed by atoms with E-state index in [0.717, 1.165) is 10.9 Å². The van der Waals surface area contributed by atoms with Crippen LogP contribution in [0.5, 0.6) is 0 Å². The van der Waals surface area contributed by atoms with Crippen LogP contribution in [-0.4, -0.2) is 34.5 Å². The van der Waals surface area contributed by atoms with E-state index in [9.17, 15) is 14.0 Å². The molecule has 1 aromatic heterocycles. The van der Waals surface area contributed by atoms with E-state index < -0.39 is 5.97 Å². The topological polar surface area (TPSA) is 57.6 Å². The first-order chi connectivity index (χ1) is 9.81. The van der Waals surface area contributed by atoms with E-state index in [1.165, 1.54) is 28.4 Å². The number of aryl methyl sites for hydroxylation is 1. The Hall–Kier alpha value is -1.95. The number of hydrogen-bond acceptors (Lipinski definition) is 3. The first kappa shape index (κ1) is 15.4. The predicted octanol–water partition coefficient (Wildman–Crippen LogP) is 3.28. The number of rotatable bonds is 4. The Morgan fingerprint density at radius 1 is 1.38 bits per heavy atom. The Balaban J connectivity index is 2.46. The van der Waals surface area contributed by atoms with Crippen LogP contribution in [-0.2, 0) is 4.79 Å². The minimum Gasteiger partial charge on any atom is -0.480 e. The average Bonchev–Trinajstić information content (AvgIpc) is 2.71. The fourth-order valence-electron chi connectivity index (χ4n) is 2.17. The SMILES string of the molecule is Cc1c(C(=O)N(CC(=O)O)C(C)C)sc2cc(F)ccc12. The second kappa shape index (κ2) is 5.81. The van der Waals surface area contributed by atoms with Crippen molar-refractivity contribution in [1.29, 1.82) is 0 Å². The summed E-state index contributed by atoms with van der Waals surface area (Å²) in [6.07, 6.45) is 0. The number of amides is 1. The van der Waals surface area contributed by atoms with Crippen LogP contribution in [0.2, 0.25) is 0 Å². The Morgan fingerprint density at radius 3 is 2.62 bits per heavy atom. The standard InChI is InChI=1S/C15H16FNO3S/c1-8(2)17(7-13(18)19)15(20)14-9(3)11-5-4-10(16)6-12(11)21-14/h4-6,8H,7H2,1-3H3,(H,18,19). The summed E-state index contributed by atoms with van der Waals surface area (Å²) in [4.78, 5) is 25.3. The van der Waals surface area contributed by atoms with E-state index in [1.54, 1.807) is 26.8 Å². The Labute approximate surface area is 125 Å². The number of aliphatic carboxylic acids is 1. The number of benzene rings is 1. The molecule has 1 amide bonds. The molecule has 0 radical (unpaired) electrons. The van der Waals surface area contributed by atoms with E-state index in [-0.39, 0.29) is 24.3 Å². The lowest BCUT2D eigenvalue weighted by Gasteiger charge is -2.24. The second-order valence-electron chi connectivity index (χ2n) is 5.12. The number of carboxylic acids is 1. The van der Waals surface area contributed by atoms with Gasteiger partial charge in [0, 0.05) is 10.7 Å². The zero-order valence-corrected chi connectivity index (χ0v) is 12.8. The van der Waals surface area contributed by atoms with Gasteiger partial charge >= 0.3 is 5.97 Å². The fourth-order valence-corrected chi connectivity index (χ4v) is 3.36. The third-order valence-electron chi connectivity index (χ3n) is 3.28. The molecule has 1 aromatic carbocycles.